The fourth-order valence-corrected chi connectivity index (χ4v) is 12.1. The molecular weight excluding hydrogens is 633 g/mol. The lowest BCUT2D eigenvalue weighted by Crippen LogP contribution is -1.86. The molecule has 0 aliphatic carbocycles. The van der Waals surface area contributed by atoms with E-state index in [0.717, 1.165) is 0 Å². The smallest absolute Gasteiger partial charge is 0.0542 e. The molecule has 0 aliphatic heterocycles. The number of rotatable bonds is 17. The van der Waals surface area contributed by atoms with Gasteiger partial charge in [-0.05, 0) is 84.0 Å². The van der Waals surface area contributed by atoms with Crippen LogP contribution in [0.25, 0.3) is 60.2 Å². The van der Waals surface area contributed by atoms with Gasteiger partial charge in [0, 0.05) is 39.3 Å². The van der Waals surface area contributed by atoms with E-state index in [9.17, 15) is 0 Å². The Labute approximate surface area is 291 Å². The van der Waals surface area contributed by atoms with Crippen molar-refractivity contribution in [3.63, 3.8) is 0 Å². The lowest BCUT2D eigenvalue weighted by Gasteiger charge is -2.03. The van der Waals surface area contributed by atoms with E-state index < -0.39 is 0 Å². The predicted molar refractivity (Wildman–Crippen MR) is 214 cm³/mol. The summed E-state index contributed by atoms with van der Waals surface area (Å²) in [7, 11) is 0. The maximum absolute atomic E-state index is 2.49. The predicted octanol–water partition coefficient (Wildman–Crippen LogP) is 16.0. The number of aryl methyl sites for hydroxylation is 2. The quantitative estimate of drug-likeness (QED) is 0.0840. The van der Waals surface area contributed by atoms with Crippen LogP contribution >= 0.6 is 45.3 Å². The van der Waals surface area contributed by atoms with Gasteiger partial charge in [0.25, 0.3) is 0 Å². The Balaban J connectivity index is 1.04. The maximum atomic E-state index is 2.49. The first-order valence-electron chi connectivity index (χ1n) is 18.0. The van der Waals surface area contributed by atoms with Crippen LogP contribution in [0.4, 0.5) is 0 Å². The first-order valence-corrected chi connectivity index (χ1v) is 21.3. The van der Waals surface area contributed by atoms with Gasteiger partial charge in [-0.25, -0.2) is 0 Å². The Morgan fingerprint density at radius 1 is 0.435 bits per heavy atom. The van der Waals surface area contributed by atoms with Crippen molar-refractivity contribution in [1.82, 2.24) is 0 Å². The molecule has 0 unspecified atom stereocenters. The van der Waals surface area contributed by atoms with Gasteiger partial charge in [0.05, 0.1) is 9.40 Å². The van der Waals surface area contributed by atoms with Gasteiger partial charge in [0.1, 0.15) is 0 Å². The van der Waals surface area contributed by atoms with Crippen molar-refractivity contribution in [3.8, 4) is 10.4 Å². The zero-order valence-corrected chi connectivity index (χ0v) is 31.0. The fraction of sp³-hybridized carbons (Fsp3) is 0.429. The molecule has 0 saturated carbocycles. The van der Waals surface area contributed by atoms with Crippen molar-refractivity contribution in [1.29, 1.82) is 0 Å². The van der Waals surface area contributed by atoms with E-state index in [-0.39, 0.29) is 0 Å². The van der Waals surface area contributed by atoms with E-state index in [0.29, 0.717) is 0 Å². The Bertz CT molecular complexity index is 2030. The molecule has 0 atom stereocenters. The van der Waals surface area contributed by atoms with Crippen molar-refractivity contribution < 1.29 is 0 Å². The van der Waals surface area contributed by atoms with Gasteiger partial charge in [-0.15, -0.1) is 45.3 Å². The zero-order valence-electron chi connectivity index (χ0n) is 27.7. The number of unbranched alkanes of at least 4 members (excludes halogenated alkanes) is 12. The first kappa shape index (κ1) is 32.3. The molecule has 7 rings (SSSR count). The third-order valence-corrected chi connectivity index (χ3v) is 14.5. The summed E-state index contributed by atoms with van der Waals surface area (Å²) in [4.78, 5) is 2.95. The van der Waals surface area contributed by atoms with Gasteiger partial charge in [0.15, 0.2) is 0 Å². The van der Waals surface area contributed by atoms with Crippen LogP contribution in [0.3, 0.4) is 0 Å². The summed E-state index contributed by atoms with van der Waals surface area (Å²) < 4.78 is 8.69. The molecule has 0 aliphatic rings. The number of hydrogen-bond acceptors (Lipinski definition) is 4. The molecule has 0 N–H and O–H groups in total. The molecular formula is C42H48S4. The minimum atomic E-state index is 1.21. The molecule has 3 aromatic carbocycles. The second kappa shape index (κ2) is 15.3. The Hall–Kier alpha value is -2.24. The molecule has 0 amide bonds. The molecule has 4 aromatic heterocycles. The lowest BCUT2D eigenvalue weighted by atomic mass is 10.0. The largest absolute Gasteiger partial charge is 0.140 e. The topological polar surface area (TPSA) is 0 Å². The van der Waals surface area contributed by atoms with Crippen LogP contribution in [0.1, 0.15) is 114 Å². The highest BCUT2D eigenvalue weighted by atomic mass is 32.1. The molecule has 0 saturated heterocycles. The number of thiophene rings is 4. The van der Waals surface area contributed by atoms with Crippen molar-refractivity contribution in [2.45, 2.75) is 117 Å². The molecule has 4 heteroatoms. The van der Waals surface area contributed by atoms with Crippen LogP contribution < -0.4 is 0 Å². The molecule has 46 heavy (non-hydrogen) atoms. The molecule has 0 spiro atoms. The molecule has 0 radical (unpaired) electrons. The van der Waals surface area contributed by atoms with E-state index in [2.05, 4.69) is 74.5 Å². The van der Waals surface area contributed by atoms with Crippen LogP contribution in [0.5, 0.6) is 0 Å². The Kier molecular flexibility index (Phi) is 10.8. The van der Waals surface area contributed by atoms with E-state index in [1.54, 1.807) is 4.88 Å². The number of fused-ring (bicyclic) bond motifs is 7. The first-order chi connectivity index (χ1) is 22.7. The molecule has 0 nitrogen and oxygen atoms in total. The molecule has 0 bridgehead atoms. The monoisotopic (exact) mass is 680 g/mol. The summed E-state index contributed by atoms with van der Waals surface area (Å²) in [6.07, 6.45) is 21.7. The summed E-state index contributed by atoms with van der Waals surface area (Å²) in [6.45, 7) is 4.59. The zero-order chi connectivity index (χ0) is 31.3. The summed E-state index contributed by atoms with van der Waals surface area (Å²) in [5.74, 6) is 0. The van der Waals surface area contributed by atoms with E-state index >= 15 is 0 Å². The van der Waals surface area contributed by atoms with Crippen molar-refractivity contribution in [2.24, 2.45) is 0 Å². The molecule has 7 aromatic rings. The highest BCUT2D eigenvalue weighted by Crippen LogP contribution is 2.48. The Morgan fingerprint density at radius 3 is 1.57 bits per heavy atom. The molecule has 240 valence electrons. The second-order valence-corrected chi connectivity index (χ2v) is 17.8. The average Bonchev–Trinajstić information content (AvgIpc) is 3.83. The van der Waals surface area contributed by atoms with Gasteiger partial charge in [-0.2, -0.15) is 0 Å². The van der Waals surface area contributed by atoms with Crippen molar-refractivity contribution >= 4 is 95.1 Å². The third-order valence-electron chi connectivity index (χ3n) is 9.74. The lowest BCUT2D eigenvalue weighted by molar-refractivity contribution is 0.576. The van der Waals surface area contributed by atoms with Crippen LogP contribution in [0, 0.1) is 0 Å². The maximum Gasteiger partial charge on any atom is 0.0542 e. The fourth-order valence-electron chi connectivity index (χ4n) is 7.03. The van der Waals surface area contributed by atoms with Gasteiger partial charge in [-0.3, -0.25) is 0 Å². The van der Waals surface area contributed by atoms with Gasteiger partial charge < -0.3 is 0 Å². The second-order valence-electron chi connectivity index (χ2n) is 13.4. The normalized spacial score (nSPS) is 12.2. The van der Waals surface area contributed by atoms with Crippen LogP contribution in [0.2, 0.25) is 0 Å². The molecule has 4 heterocycles. The van der Waals surface area contributed by atoms with Crippen LogP contribution in [-0.4, -0.2) is 0 Å². The summed E-state index contributed by atoms with van der Waals surface area (Å²) in [5.41, 5.74) is 2.83. The SMILES string of the molecule is CCCCCCCCCCc1cc2cc3c(cc2s1)sc1c2cc4cc(-c5ccc(CCCCCCCC)cc5)sc4cc2sc31. The van der Waals surface area contributed by atoms with E-state index in [1.165, 1.54) is 168 Å². The highest BCUT2D eigenvalue weighted by molar-refractivity contribution is 7.37. The highest BCUT2D eigenvalue weighted by Gasteiger charge is 2.16. The Morgan fingerprint density at radius 2 is 0.957 bits per heavy atom. The minimum absolute atomic E-state index is 1.21. The van der Waals surface area contributed by atoms with Crippen molar-refractivity contribution in [2.75, 3.05) is 0 Å². The number of hydrogen-bond donors (Lipinski definition) is 0. The third kappa shape index (κ3) is 7.26. The van der Waals surface area contributed by atoms with E-state index in [1.807, 2.05) is 45.3 Å². The van der Waals surface area contributed by atoms with E-state index in [4.69, 9.17) is 0 Å². The van der Waals surface area contributed by atoms with Gasteiger partial charge in [0.2, 0.25) is 0 Å². The standard InChI is InChI=1S/C42H48S4/c1-3-5-7-9-11-12-14-16-18-33-23-31-24-34-39(27-37(31)43-33)45-42-35-25-32-26-36(44-38(32)28-40(35)46-41(34)42)30-21-19-29(20-22-30)17-15-13-10-8-6-4-2/h19-28H,3-18H2,1-2H3. The number of benzene rings is 3. The van der Waals surface area contributed by atoms with Crippen LogP contribution in [-0.2, 0) is 12.8 Å². The molecule has 0 fully saturated rings. The van der Waals surface area contributed by atoms with Gasteiger partial charge in [-0.1, -0.05) is 115 Å². The summed E-state index contributed by atoms with van der Waals surface area (Å²) in [6, 6.07) is 24.2. The summed E-state index contributed by atoms with van der Waals surface area (Å²) >= 11 is 7.97. The average molecular weight is 681 g/mol. The summed E-state index contributed by atoms with van der Waals surface area (Å²) in [5, 5.41) is 5.71. The van der Waals surface area contributed by atoms with Crippen LogP contribution in [0.15, 0.2) is 60.7 Å². The van der Waals surface area contributed by atoms with Crippen molar-refractivity contribution in [3.05, 3.63) is 71.1 Å². The van der Waals surface area contributed by atoms with Gasteiger partial charge >= 0.3 is 0 Å². The minimum Gasteiger partial charge on any atom is -0.140 e.